The van der Waals surface area contributed by atoms with Crippen LogP contribution in [0.3, 0.4) is 0 Å². The molecule has 1 saturated heterocycles. The molecule has 0 spiro atoms. The fourth-order valence-electron chi connectivity index (χ4n) is 1.77. The second-order valence-corrected chi connectivity index (χ2v) is 3.37. The maximum atomic E-state index is 4.42. The van der Waals surface area contributed by atoms with Crippen molar-refractivity contribution in [3.8, 4) is 0 Å². The summed E-state index contributed by atoms with van der Waals surface area (Å²) in [4.78, 5) is 0. The molecule has 9 heavy (non-hydrogen) atoms. The highest BCUT2D eigenvalue weighted by Crippen LogP contribution is 2.39. The predicted molar refractivity (Wildman–Crippen MR) is 37.3 cm³/mol. The lowest BCUT2D eigenvalue weighted by molar-refractivity contribution is 0.337. The van der Waals surface area contributed by atoms with E-state index in [0.29, 0.717) is 0 Å². The van der Waals surface area contributed by atoms with Crippen LogP contribution >= 0.6 is 0 Å². The molecular weight excluding hydrogens is 110 g/mol. The Morgan fingerprint density at radius 3 is 2.44 bits per heavy atom. The largest absolute Gasteiger partial charge is 0.241 e. The summed E-state index contributed by atoms with van der Waals surface area (Å²) < 4.78 is 0. The predicted octanol–water partition coefficient (Wildman–Crippen LogP) is 1.41. The van der Waals surface area contributed by atoms with Gasteiger partial charge in [-0.05, 0) is 37.5 Å². The minimum atomic E-state index is 0.999. The third kappa shape index (κ3) is 1.26. The molecule has 1 nitrogen and oxygen atoms in total. The Bertz CT molecular complexity index is 90.7. The molecule has 1 unspecified atom stereocenters. The number of nitrogens with zero attached hydrogens (tertiary/aromatic N) is 1. The highest BCUT2D eigenvalue weighted by atomic mass is 14.9. The van der Waals surface area contributed by atoms with E-state index in [4.69, 9.17) is 0 Å². The molecule has 1 atom stereocenters. The van der Waals surface area contributed by atoms with Crippen molar-refractivity contribution >= 4 is 0 Å². The maximum absolute atomic E-state index is 4.42. The number of rotatable bonds is 1. The van der Waals surface area contributed by atoms with E-state index in [9.17, 15) is 0 Å². The van der Waals surface area contributed by atoms with Gasteiger partial charge in [0, 0.05) is 13.1 Å². The zero-order chi connectivity index (χ0) is 6.10. The Balaban J connectivity index is 1.80. The van der Waals surface area contributed by atoms with Crippen molar-refractivity contribution in [2.75, 3.05) is 13.1 Å². The molecule has 2 fully saturated rings. The van der Waals surface area contributed by atoms with E-state index < -0.39 is 0 Å². The molecular formula is C8H14N. The molecule has 1 aliphatic heterocycles. The first kappa shape index (κ1) is 5.72. The first-order valence-electron chi connectivity index (χ1n) is 4.10. The van der Waals surface area contributed by atoms with Crippen LogP contribution < -0.4 is 5.32 Å². The summed E-state index contributed by atoms with van der Waals surface area (Å²) in [5, 5.41) is 4.42. The van der Waals surface area contributed by atoms with Gasteiger partial charge in [-0.25, -0.2) is 5.32 Å². The van der Waals surface area contributed by atoms with Gasteiger partial charge in [0.25, 0.3) is 0 Å². The van der Waals surface area contributed by atoms with Crippen molar-refractivity contribution in [2.45, 2.75) is 25.7 Å². The molecule has 2 aliphatic rings. The van der Waals surface area contributed by atoms with E-state index in [0.717, 1.165) is 18.4 Å². The summed E-state index contributed by atoms with van der Waals surface area (Å²) in [6, 6.07) is 0. The summed E-state index contributed by atoms with van der Waals surface area (Å²) in [5.41, 5.74) is 0. The second kappa shape index (κ2) is 2.30. The Morgan fingerprint density at radius 1 is 1.00 bits per heavy atom. The number of piperidine rings is 1. The van der Waals surface area contributed by atoms with Gasteiger partial charge in [0.2, 0.25) is 0 Å². The third-order valence-electron chi connectivity index (χ3n) is 2.54. The molecule has 1 saturated carbocycles. The smallest absolute Gasteiger partial charge is 0.0164 e. The van der Waals surface area contributed by atoms with Crippen LogP contribution in [-0.4, -0.2) is 13.1 Å². The van der Waals surface area contributed by atoms with E-state index in [1.54, 1.807) is 0 Å². The lowest BCUT2D eigenvalue weighted by Gasteiger charge is -2.20. The Labute approximate surface area is 56.8 Å². The van der Waals surface area contributed by atoms with E-state index >= 15 is 0 Å². The summed E-state index contributed by atoms with van der Waals surface area (Å²) >= 11 is 0. The Hall–Kier alpha value is -0.0400. The molecule has 1 heterocycles. The molecule has 1 heteroatoms. The molecule has 0 aromatic heterocycles. The van der Waals surface area contributed by atoms with Crippen LogP contribution in [0.1, 0.15) is 25.7 Å². The highest BCUT2D eigenvalue weighted by Gasteiger charge is 2.31. The first-order valence-corrected chi connectivity index (χ1v) is 4.10. The Kier molecular flexibility index (Phi) is 1.46. The van der Waals surface area contributed by atoms with Crippen molar-refractivity contribution in [2.24, 2.45) is 11.8 Å². The summed E-state index contributed by atoms with van der Waals surface area (Å²) in [5.74, 6) is 2.09. The summed E-state index contributed by atoms with van der Waals surface area (Å²) in [6.07, 6.45) is 5.83. The standard InChI is InChI=1S/C8H14N/c1-2-8(6-9-5-1)7-3-4-7/h7-8H,1-6H2. The van der Waals surface area contributed by atoms with Crippen LogP contribution in [0.4, 0.5) is 0 Å². The topological polar surface area (TPSA) is 14.1 Å². The third-order valence-corrected chi connectivity index (χ3v) is 2.54. The van der Waals surface area contributed by atoms with Crippen LogP contribution in [-0.2, 0) is 0 Å². The van der Waals surface area contributed by atoms with Gasteiger partial charge in [0.15, 0.2) is 0 Å². The van der Waals surface area contributed by atoms with Crippen molar-refractivity contribution in [3.63, 3.8) is 0 Å². The molecule has 1 radical (unpaired) electrons. The fraction of sp³-hybridized carbons (Fsp3) is 1.00. The van der Waals surface area contributed by atoms with Gasteiger partial charge < -0.3 is 0 Å². The highest BCUT2D eigenvalue weighted by molar-refractivity contribution is 4.84. The van der Waals surface area contributed by atoms with Gasteiger partial charge in [-0.15, -0.1) is 0 Å². The summed E-state index contributed by atoms with van der Waals surface area (Å²) in [7, 11) is 0. The van der Waals surface area contributed by atoms with Gasteiger partial charge in [-0.1, -0.05) is 0 Å². The quantitative estimate of drug-likeness (QED) is 0.502. The molecule has 2 rings (SSSR count). The zero-order valence-corrected chi connectivity index (χ0v) is 5.84. The number of hydrogen-bond acceptors (Lipinski definition) is 0. The molecule has 0 N–H and O–H groups in total. The lowest BCUT2D eigenvalue weighted by Crippen LogP contribution is -2.25. The zero-order valence-electron chi connectivity index (χ0n) is 5.84. The Morgan fingerprint density at radius 2 is 1.89 bits per heavy atom. The van der Waals surface area contributed by atoms with Gasteiger partial charge in [0.05, 0.1) is 0 Å². The van der Waals surface area contributed by atoms with E-state index in [1.807, 2.05) is 0 Å². The van der Waals surface area contributed by atoms with Crippen LogP contribution in [0.5, 0.6) is 0 Å². The molecule has 1 aliphatic carbocycles. The van der Waals surface area contributed by atoms with Crippen LogP contribution in [0.25, 0.3) is 0 Å². The average Bonchev–Trinajstić information content (AvgIpc) is 2.71. The van der Waals surface area contributed by atoms with Crippen molar-refractivity contribution in [3.05, 3.63) is 0 Å². The van der Waals surface area contributed by atoms with Crippen molar-refractivity contribution in [1.29, 1.82) is 0 Å². The first-order chi connectivity index (χ1) is 4.47. The van der Waals surface area contributed by atoms with Gasteiger partial charge in [-0.3, -0.25) is 0 Å². The van der Waals surface area contributed by atoms with E-state index in [-0.39, 0.29) is 0 Å². The summed E-state index contributed by atoms with van der Waals surface area (Å²) in [6.45, 7) is 2.33. The molecule has 0 amide bonds. The number of hydrogen-bond donors (Lipinski definition) is 0. The normalized spacial score (nSPS) is 36.7. The average molecular weight is 124 g/mol. The second-order valence-electron chi connectivity index (χ2n) is 3.37. The molecule has 0 aromatic carbocycles. The lowest BCUT2D eigenvalue weighted by atomic mass is 9.95. The van der Waals surface area contributed by atoms with Crippen LogP contribution in [0.15, 0.2) is 0 Å². The van der Waals surface area contributed by atoms with Gasteiger partial charge >= 0.3 is 0 Å². The monoisotopic (exact) mass is 124 g/mol. The van der Waals surface area contributed by atoms with Crippen LogP contribution in [0, 0.1) is 11.8 Å². The van der Waals surface area contributed by atoms with Crippen molar-refractivity contribution in [1.82, 2.24) is 5.32 Å². The molecule has 51 valence electrons. The fourth-order valence-corrected chi connectivity index (χ4v) is 1.77. The minimum Gasteiger partial charge on any atom is -0.241 e. The maximum Gasteiger partial charge on any atom is 0.0164 e. The molecule has 0 bridgehead atoms. The molecule has 0 aromatic rings. The van der Waals surface area contributed by atoms with E-state index in [1.165, 1.54) is 32.2 Å². The van der Waals surface area contributed by atoms with Crippen molar-refractivity contribution < 1.29 is 0 Å². The van der Waals surface area contributed by atoms with Gasteiger partial charge in [-0.2, -0.15) is 0 Å². The van der Waals surface area contributed by atoms with Gasteiger partial charge in [0.1, 0.15) is 0 Å². The SMILES string of the molecule is C1C[N]CC(C2CC2)C1. The van der Waals surface area contributed by atoms with Crippen LogP contribution in [0.2, 0.25) is 0 Å². The van der Waals surface area contributed by atoms with E-state index in [2.05, 4.69) is 5.32 Å². The minimum absolute atomic E-state index is 0.999.